The van der Waals surface area contributed by atoms with Gasteiger partial charge in [0, 0.05) is 22.8 Å². The van der Waals surface area contributed by atoms with Gasteiger partial charge in [0.05, 0.1) is 5.56 Å². The summed E-state index contributed by atoms with van der Waals surface area (Å²) >= 11 is 5.68. The average molecular weight is 265 g/mol. The van der Waals surface area contributed by atoms with E-state index in [0.29, 0.717) is 12.2 Å². The molecular weight excluding hydrogens is 253 g/mol. The minimum atomic E-state index is -4.39. The molecule has 1 fully saturated rings. The lowest BCUT2D eigenvalue weighted by molar-refractivity contribution is -0.137. The van der Waals surface area contributed by atoms with Crippen LogP contribution >= 0.6 is 11.6 Å². The highest BCUT2D eigenvalue weighted by molar-refractivity contribution is 6.30. The van der Waals surface area contributed by atoms with E-state index in [1.165, 1.54) is 6.07 Å². The molecule has 0 radical (unpaired) electrons. The molecule has 0 bridgehead atoms. The Bertz CT molecular complexity index is 427. The fraction of sp³-hybridized carbons (Fsp3) is 0.455. The predicted molar refractivity (Wildman–Crippen MR) is 61.1 cm³/mol. The van der Waals surface area contributed by atoms with E-state index in [1.54, 1.807) is 0 Å². The van der Waals surface area contributed by atoms with E-state index in [4.69, 9.17) is 17.3 Å². The number of nitrogens with two attached hydrogens (primary N) is 1. The summed E-state index contributed by atoms with van der Waals surface area (Å²) in [5.74, 6) is 0. The van der Waals surface area contributed by atoms with Gasteiger partial charge in [-0.05, 0) is 31.0 Å². The smallest absolute Gasteiger partial charge is 0.378 e. The molecule has 1 saturated carbocycles. The first-order valence-corrected chi connectivity index (χ1v) is 5.58. The summed E-state index contributed by atoms with van der Waals surface area (Å²) in [6.45, 7) is 0.404. The molecule has 6 heteroatoms. The standard InChI is InChI=1S/C11H12ClF3N2/c12-8-3-7(11(13,14)15)4-9(5-8)17-10(6-16)1-2-10/h3-5,17H,1-2,6,16H2. The van der Waals surface area contributed by atoms with Crippen molar-refractivity contribution in [1.82, 2.24) is 0 Å². The highest BCUT2D eigenvalue weighted by atomic mass is 35.5. The lowest BCUT2D eigenvalue weighted by atomic mass is 10.1. The number of benzene rings is 1. The van der Waals surface area contributed by atoms with Crippen molar-refractivity contribution in [3.05, 3.63) is 28.8 Å². The van der Waals surface area contributed by atoms with Gasteiger partial charge in [0.1, 0.15) is 0 Å². The SMILES string of the molecule is NCC1(Nc2cc(Cl)cc(C(F)(F)F)c2)CC1. The Balaban J connectivity index is 2.26. The number of hydrogen-bond donors (Lipinski definition) is 2. The monoisotopic (exact) mass is 264 g/mol. The second kappa shape index (κ2) is 4.07. The van der Waals surface area contributed by atoms with E-state index in [0.717, 1.165) is 25.0 Å². The first-order chi connectivity index (χ1) is 7.85. The van der Waals surface area contributed by atoms with Crippen molar-refractivity contribution in [2.75, 3.05) is 11.9 Å². The Labute approximate surface area is 102 Å². The normalized spacial score (nSPS) is 17.9. The second-order valence-corrected chi connectivity index (χ2v) is 4.77. The maximum atomic E-state index is 12.6. The molecule has 3 N–H and O–H groups in total. The molecule has 94 valence electrons. The molecule has 0 aromatic heterocycles. The third-order valence-corrected chi connectivity index (χ3v) is 3.10. The molecule has 17 heavy (non-hydrogen) atoms. The number of anilines is 1. The Morgan fingerprint density at radius 2 is 1.94 bits per heavy atom. The van der Waals surface area contributed by atoms with Gasteiger partial charge < -0.3 is 11.1 Å². The maximum absolute atomic E-state index is 12.6. The molecule has 0 saturated heterocycles. The van der Waals surface area contributed by atoms with E-state index in [9.17, 15) is 13.2 Å². The van der Waals surface area contributed by atoms with Crippen molar-refractivity contribution in [1.29, 1.82) is 0 Å². The third kappa shape index (κ3) is 2.84. The average Bonchev–Trinajstić information content (AvgIpc) is 2.96. The van der Waals surface area contributed by atoms with Gasteiger partial charge >= 0.3 is 6.18 Å². The van der Waals surface area contributed by atoms with Crippen molar-refractivity contribution in [2.45, 2.75) is 24.6 Å². The molecule has 0 atom stereocenters. The highest BCUT2D eigenvalue weighted by Gasteiger charge is 2.41. The summed E-state index contributed by atoms with van der Waals surface area (Å²) in [6, 6.07) is 3.45. The Kier molecular flexibility index (Phi) is 2.99. The van der Waals surface area contributed by atoms with Gasteiger partial charge in [0.25, 0.3) is 0 Å². The van der Waals surface area contributed by atoms with Gasteiger partial charge in [0.15, 0.2) is 0 Å². The molecule has 0 heterocycles. The maximum Gasteiger partial charge on any atom is 0.416 e. The quantitative estimate of drug-likeness (QED) is 0.879. The Hall–Kier alpha value is -0.940. The van der Waals surface area contributed by atoms with E-state index in [-0.39, 0.29) is 10.6 Å². The Morgan fingerprint density at radius 3 is 2.41 bits per heavy atom. The van der Waals surface area contributed by atoms with E-state index < -0.39 is 11.7 Å². The molecule has 2 nitrogen and oxygen atoms in total. The minimum Gasteiger partial charge on any atom is -0.378 e. The van der Waals surface area contributed by atoms with Crippen LogP contribution < -0.4 is 11.1 Å². The van der Waals surface area contributed by atoms with Crippen LogP contribution in [0.25, 0.3) is 0 Å². The van der Waals surface area contributed by atoms with Gasteiger partial charge in [-0.3, -0.25) is 0 Å². The van der Waals surface area contributed by atoms with Crippen LogP contribution in [-0.2, 0) is 6.18 Å². The lowest BCUT2D eigenvalue weighted by Crippen LogP contribution is -2.30. The van der Waals surface area contributed by atoms with Crippen molar-refractivity contribution in [3.8, 4) is 0 Å². The fourth-order valence-electron chi connectivity index (χ4n) is 1.66. The zero-order chi connectivity index (χ0) is 12.7. The topological polar surface area (TPSA) is 38.0 Å². The molecule has 1 aromatic carbocycles. The number of alkyl halides is 3. The summed E-state index contributed by atoms with van der Waals surface area (Å²) in [4.78, 5) is 0. The van der Waals surface area contributed by atoms with Crippen LogP contribution in [0.1, 0.15) is 18.4 Å². The van der Waals surface area contributed by atoms with Crippen LogP contribution in [-0.4, -0.2) is 12.1 Å². The van der Waals surface area contributed by atoms with Crippen LogP contribution in [0.2, 0.25) is 5.02 Å². The molecule has 0 spiro atoms. The summed E-state index contributed by atoms with van der Waals surface area (Å²) in [5, 5.41) is 3.09. The van der Waals surface area contributed by atoms with Gasteiger partial charge in [-0.1, -0.05) is 11.6 Å². The van der Waals surface area contributed by atoms with Crippen molar-refractivity contribution >= 4 is 17.3 Å². The molecule has 0 aliphatic heterocycles. The Morgan fingerprint density at radius 1 is 1.29 bits per heavy atom. The van der Waals surface area contributed by atoms with Gasteiger partial charge in [-0.25, -0.2) is 0 Å². The molecule has 1 aliphatic carbocycles. The van der Waals surface area contributed by atoms with Gasteiger partial charge in [0.2, 0.25) is 0 Å². The van der Waals surface area contributed by atoms with Crippen LogP contribution in [0, 0.1) is 0 Å². The van der Waals surface area contributed by atoms with Crippen LogP contribution in [0.15, 0.2) is 18.2 Å². The zero-order valence-corrected chi connectivity index (χ0v) is 9.70. The summed E-state index contributed by atoms with van der Waals surface area (Å²) in [7, 11) is 0. The van der Waals surface area contributed by atoms with Crippen LogP contribution in [0.5, 0.6) is 0 Å². The molecule has 0 unspecified atom stereocenters. The van der Waals surface area contributed by atoms with E-state index >= 15 is 0 Å². The minimum absolute atomic E-state index is 0.0650. The lowest BCUT2D eigenvalue weighted by Gasteiger charge is -2.18. The van der Waals surface area contributed by atoms with Gasteiger partial charge in [-0.2, -0.15) is 13.2 Å². The second-order valence-electron chi connectivity index (χ2n) is 4.34. The van der Waals surface area contributed by atoms with Crippen LogP contribution in [0.3, 0.4) is 0 Å². The summed E-state index contributed by atoms with van der Waals surface area (Å²) < 4.78 is 37.7. The predicted octanol–water partition coefficient (Wildman–Crippen LogP) is 3.26. The fourth-order valence-corrected chi connectivity index (χ4v) is 1.90. The van der Waals surface area contributed by atoms with Crippen molar-refractivity contribution < 1.29 is 13.2 Å². The zero-order valence-electron chi connectivity index (χ0n) is 8.94. The van der Waals surface area contributed by atoms with E-state index in [2.05, 4.69) is 5.32 Å². The molecule has 2 rings (SSSR count). The molecule has 1 aliphatic rings. The van der Waals surface area contributed by atoms with Crippen molar-refractivity contribution in [3.63, 3.8) is 0 Å². The summed E-state index contributed by atoms with van der Waals surface area (Å²) in [5.41, 5.74) is 4.94. The molecule has 1 aromatic rings. The van der Waals surface area contributed by atoms with Crippen molar-refractivity contribution in [2.24, 2.45) is 5.73 Å². The third-order valence-electron chi connectivity index (χ3n) is 2.88. The largest absolute Gasteiger partial charge is 0.416 e. The number of halogens is 4. The van der Waals surface area contributed by atoms with Crippen LogP contribution in [0.4, 0.5) is 18.9 Å². The number of nitrogens with one attached hydrogen (secondary N) is 1. The van der Waals surface area contributed by atoms with Gasteiger partial charge in [-0.15, -0.1) is 0 Å². The number of hydrogen-bond acceptors (Lipinski definition) is 2. The highest BCUT2D eigenvalue weighted by Crippen LogP contribution is 2.40. The first-order valence-electron chi connectivity index (χ1n) is 5.21. The summed E-state index contributed by atoms with van der Waals surface area (Å²) in [6.07, 6.45) is -2.64. The molecule has 0 amide bonds. The van der Waals surface area contributed by atoms with E-state index in [1.807, 2.05) is 0 Å². The molecular formula is C11H12ClF3N2. The first kappa shape index (κ1) is 12.5. The number of rotatable bonds is 3.